The molecule has 1 amide bonds. The molecule has 5 nitrogen and oxygen atoms in total. The molecule has 19 heavy (non-hydrogen) atoms. The number of hydrogen-bond donors (Lipinski definition) is 1. The van der Waals surface area contributed by atoms with E-state index in [1.54, 1.807) is 0 Å². The van der Waals surface area contributed by atoms with Crippen LogP contribution in [0.4, 0.5) is 0 Å². The summed E-state index contributed by atoms with van der Waals surface area (Å²) in [5.74, 6) is -0.436. The molecule has 6 heteroatoms. The Labute approximate surface area is 114 Å². The fourth-order valence-electron chi connectivity index (χ4n) is 1.54. The van der Waals surface area contributed by atoms with Crippen molar-refractivity contribution in [1.29, 1.82) is 0 Å². The van der Waals surface area contributed by atoms with Gasteiger partial charge in [0.2, 0.25) is 15.9 Å². The lowest BCUT2D eigenvalue weighted by atomic mass is 10.1. The van der Waals surface area contributed by atoms with Crippen LogP contribution in [0.5, 0.6) is 0 Å². The maximum Gasteiger partial charge on any atom is 0.221 e. The summed E-state index contributed by atoms with van der Waals surface area (Å²) in [4.78, 5) is 11.7. The van der Waals surface area contributed by atoms with E-state index in [9.17, 15) is 13.2 Å². The fraction of sp³-hybridized carbons (Fsp3) is 0.462. The second-order valence-electron chi connectivity index (χ2n) is 4.55. The highest BCUT2D eigenvalue weighted by atomic mass is 32.2. The zero-order valence-corrected chi connectivity index (χ0v) is 12.3. The highest BCUT2D eigenvalue weighted by molar-refractivity contribution is 7.89. The van der Waals surface area contributed by atoms with E-state index in [0.717, 1.165) is 9.87 Å². The number of carbonyl (C=O) groups excluding carboxylic acids is 1. The molecule has 0 aliphatic heterocycles. The zero-order chi connectivity index (χ0) is 14.5. The van der Waals surface area contributed by atoms with Gasteiger partial charge in [-0.05, 0) is 12.5 Å². The number of sulfonamides is 1. The van der Waals surface area contributed by atoms with Crippen molar-refractivity contribution < 1.29 is 13.2 Å². The van der Waals surface area contributed by atoms with Crippen LogP contribution in [0.1, 0.15) is 24.9 Å². The minimum atomic E-state index is -3.32. The smallest absolute Gasteiger partial charge is 0.221 e. The topological polar surface area (TPSA) is 66.5 Å². The highest BCUT2D eigenvalue weighted by Gasteiger charge is 2.17. The van der Waals surface area contributed by atoms with E-state index in [0.29, 0.717) is 0 Å². The fourth-order valence-corrected chi connectivity index (χ4v) is 2.35. The van der Waals surface area contributed by atoms with Crippen molar-refractivity contribution in [2.75, 3.05) is 19.8 Å². The van der Waals surface area contributed by atoms with E-state index in [2.05, 4.69) is 5.32 Å². The van der Waals surface area contributed by atoms with Crippen molar-refractivity contribution >= 4 is 15.9 Å². The van der Waals surface area contributed by atoms with Gasteiger partial charge in [0.05, 0.1) is 11.8 Å². The van der Waals surface area contributed by atoms with Gasteiger partial charge in [-0.2, -0.15) is 0 Å². The quantitative estimate of drug-likeness (QED) is 0.852. The summed E-state index contributed by atoms with van der Waals surface area (Å²) in [5, 5.41) is 2.79. The second-order valence-corrected chi connectivity index (χ2v) is 6.85. The van der Waals surface area contributed by atoms with E-state index < -0.39 is 10.0 Å². The Hall–Kier alpha value is -1.40. The molecule has 1 N–H and O–H groups in total. The van der Waals surface area contributed by atoms with Gasteiger partial charge >= 0.3 is 0 Å². The van der Waals surface area contributed by atoms with E-state index in [4.69, 9.17) is 0 Å². The first-order valence-corrected chi connectivity index (χ1v) is 7.68. The third-order valence-corrected chi connectivity index (χ3v) is 4.65. The van der Waals surface area contributed by atoms with Gasteiger partial charge in [-0.3, -0.25) is 4.79 Å². The molecule has 1 unspecified atom stereocenters. The summed E-state index contributed by atoms with van der Waals surface area (Å²) in [5.41, 5.74) is 0.992. The molecular formula is C13H20N2O3S. The first-order valence-electron chi connectivity index (χ1n) is 6.07. The van der Waals surface area contributed by atoms with Crippen LogP contribution in [0.25, 0.3) is 0 Å². The molecule has 0 aliphatic carbocycles. The largest absolute Gasteiger partial charge is 0.350 e. The maximum atomic E-state index is 11.7. The van der Waals surface area contributed by atoms with Gasteiger partial charge in [-0.15, -0.1) is 0 Å². The number of rotatable bonds is 6. The minimum absolute atomic E-state index is 0.0301. The monoisotopic (exact) mass is 284 g/mol. The highest BCUT2D eigenvalue weighted by Crippen LogP contribution is 2.11. The summed E-state index contributed by atoms with van der Waals surface area (Å²) in [6, 6.07) is 9.41. The molecule has 1 atom stereocenters. The molecule has 106 valence electrons. The van der Waals surface area contributed by atoms with Crippen molar-refractivity contribution in [3.05, 3.63) is 35.9 Å². The number of amides is 1. The number of hydrogen-bond acceptors (Lipinski definition) is 3. The van der Waals surface area contributed by atoms with Gasteiger partial charge in [0.15, 0.2) is 0 Å². The van der Waals surface area contributed by atoms with Crippen LogP contribution in [-0.2, 0) is 14.8 Å². The van der Waals surface area contributed by atoms with E-state index >= 15 is 0 Å². The van der Waals surface area contributed by atoms with Crippen molar-refractivity contribution in [3.63, 3.8) is 0 Å². The van der Waals surface area contributed by atoms with Crippen LogP contribution >= 0.6 is 0 Å². The number of nitrogens with one attached hydrogen (secondary N) is 1. The molecule has 0 bridgehead atoms. The average Bonchev–Trinajstić information content (AvgIpc) is 2.37. The van der Waals surface area contributed by atoms with Gasteiger partial charge in [-0.1, -0.05) is 30.3 Å². The molecule has 0 fully saturated rings. The van der Waals surface area contributed by atoms with Crippen LogP contribution in [-0.4, -0.2) is 38.5 Å². The number of benzene rings is 1. The molecule has 0 radical (unpaired) electrons. The van der Waals surface area contributed by atoms with Crippen molar-refractivity contribution in [2.24, 2.45) is 0 Å². The molecule has 0 heterocycles. The summed E-state index contributed by atoms with van der Waals surface area (Å²) < 4.78 is 24.2. The summed E-state index contributed by atoms with van der Waals surface area (Å²) >= 11 is 0. The lowest BCUT2D eigenvalue weighted by Crippen LogP contribution is -2.31. The maximum absolute atomic E-state index is 11.7. The van der Waals surface area contributed by atoms with Gasteiger partial charge in [0.1, 0.15) is 0 Å². The van der Waals surface area contributed by atoms with Crippen molar-refractivity contribution in [3.8, 4) is 0 Å². The number of carbonyl (C=O) groups is 1. The Balaban J connectivity index is 2.49. The average molecular weight is 284 g/mol. The Morgan fingerprint density at radius 2 is 1.84 bits per heavy atom. The summed E-state index contributed by atoms with van der Waals surface area (Å²) in [6.07, 6.45) is -0.0301. The predicted molar refractivity (Wildman–Crippen MR) is 75.1 cm³/mol. The van der Waals surface area contributed by atoms with Crippen LogP contribution in [0.3, 0.4) is 0 Å². The van der Waals surface area contributed by atoms with Crippen LogP contribution in [0.15, 0.2) is 30.3 Å². The van der Waals surface area contributed by atoms with Crippen molar-refractivity contribution in [1.82, 2.24) is 9.62 Å². The van der Waals surface area contributed by atoms with Gasteiger partial charge in [0.25, 0.3) is 0 Å². The summed E-state index contributed by atoms with van der Waals surface area (Å²) in [7, 11) is -0.405. The molecule has 0 saturated carbocycles. The molecule has 0 aromatic heterocycles. The van der Waals surface area contributed by atoms with Crippen LogP contribution < -0.4 is 5.32 Å². The Bertz CT molecular complexity index is 512. The Kier molecular flexibility index (Phi) is 5.50. The molecule has 1 rings (SSSR count). The second kappa shape index (κ2) is 6.68. The Morgan fingerprint density at radius 3 is 2.37 bits per heavy atom. The standard InChI is InChI=1S/C13H20N2O3S/c1-11(12-7-5-4-6-8-12)14-13(16)9-10-19(17,18)15(2)3/h4-8,11H,9-10H2,1-3H3,(H,14,16). The molecular weight excluding hydrogens is 264 g/mol. The van der Waals surface area contributed by atoms with Gasteiger partial charge < -0.3 is 5.32 Å². The molecule has 0 spiro atoms. The molecule has 1 aromatic rings. The predicted octanol–water partition coefficient (Wildman–Crippen LogP) is 1.15. The van der Waals surface area contributed by atoms with E-state index in [1.807, 2.05) is 37.3 Å². The molecule has 0 aliphatic rings. The van der Waals surface area contributed by atoms with E-state index in [-0.39, 0.29) is 24.1 Å². The normalized spacial score (nSPS) is 13.3. The lowest BCUT2D eigenvalue weighted by molar-refractivity contribution is -0.121. The zero-order valence-electron chi connectivity index (χ0n) is 11.5. The Morgan fingerprint density at radius 1 is 1.26 bits per heavy atom. The first kappa shape index (κ1) is 15.7. The lowest BCUT2D eigenvalue weighted by Gasteiger charge is -2.15. The number of nitrogens with zero attached hydrogens (tertiary/aromatic N) is 1. The van der Waals surface area contributed by atoms with Crippen LogP contribution in [0.2, 0.25) is 0 Å². The van der Waals surface area contributed by atoms with Crippen molar-refractivity contribution in [2.45, 2.75) is 19.4 Å². The minimum Gasteiger partial charge on any atom is -0.350 e. The van der Waals surface area contributed by atoms with Gasteiger partial charge in [-0.25, -0.2) is 12.7 Å². The SMILES string of the molecule is CC(NC(=O)CCS(=O)(=O)N(C)C)c1ccccc1. The molecule has 1 aromatic carbocycles. The first-order chi connectivity index (χ1) is 8.83. The third-order valence-electron chi connectivity index (χ3n) is 2.82. The molecule has 0 saturated heterocycles. The van der Waals surface area contributed by atoms with Crippen LogP contribution in [0, 0.1) is 0 Å². The van der Waals surface area contributed by atoms with Gasteiger partial charge in [0, 0.05) is 20.5 Å². The third kappa shape index (κ3) is 5.00. The summed E-state index contributed by atoms with van der Waals surface area (Å²) in [6.45, 7) is 1.87. The van der Waals surface area contributed by atoms with E-state index in [1.165, 1.54) is 14.1 Å².